The SMILES string of the molecule is CC[C@]1(O)C[C@H]2CN(CCc3c([nH]c4ccc(SCCN(C)C)cc34)[C@@](C(=O)OC)(c3cc4c(cc3OC)N(C)[C@@]35O[C@]3(C(=O)OC)[C@H](OC(C)=O)[C@]3(CC)C=CCN6CC[C@]45[C@@H]63)C2)C1. The molecule has 3 saturated heterocycles. The maximum absolute atomic E-state index is 15.6. The Morgan fingerprint density at radius 3 is 2.49 bits per heavy atom. The van der Waals surface area contributed by atoms with Crippen LogP contribution in [-0.4, -0.2) is 159 Å². The van der Waals surface area contributed by atoms with Gasteiger partial charge in [0.1, 0.15) is 11.2 Å². The van der Waals surface area contributed by atoms with Crippen LogP contribution < -0.4 is 9.64 Å². The molecule has 2 spiro atoms. The van der Waals surface area contributed by atoms with Crippen LogP contribution in [0.25, 0.3) is 10.9 Å². The van der Waals surface area contributed by atoms with Gasteiger partial charge >= 0.3 is 17.9 Å². The monoisotopic (exact) mass is 911 g/mol. The van der Waals surface area contributed by atoms with Crippen molar-refractivity contribution in [3.05, 3.63) is 64.9 Å². The number of fused-ring (bicyclic) bond motifs is 6. The van der Waals surface area contributed by atoms with E-state index in [1.807, 2.05) is 31.8 Å². The molecule has 6 aliphatic heterocycles. The summed E-state index contributed by atoms with van der Waals surface area (Å²) in [4.78, 5) is 57.5. The lowest BCUT2D eigenvalue weighted by Gasteiger charge is -2.58. The minimum atomic E-state index is -1.67. The summed E-state index contributed by atoms with van der Waals surface area (Å²) in [5.74, 6) is -0.168. The fraction of sp³-hybridized carbons (Fsp3) is 0.620. The summed E-state index contributed by atoms with van der Waals surface area (Å²) in [6.07, 6.45) is 6.61. The van der Waals surface area contributed by atoms with Gasteiger partial charge in [-0.1, -0.05) is 26.0 Å². The molecule has 15 heteroatoms. The summed E-state index contributed by atoms with van der Waals surface area (Å²) >= 11 is 1.82. The van der Waals surface area contributed by atoms with E-state index < -0.39 is 57.2 Å². The number of methoxy groups -OCH3 is 3. The maximum atomic E-state index is 15.6. The molecule has 0 radical (unpaired) electrons. The number of benzene rings is 2. The van der Waals surface area contributed by atoms with Gasteiger partial charge in [0.15, 0.2) is 11.8 Å². The van der Waals surface area contributed by atoms with E-state index in [1.54, 1.807) is 7.11 Å². The number of anilines is 1. The van der Waals surface area contributed by atoms with Gasteiger partial charge in [-0.05, 0) is 100 Å². The largest absolute Gasteiger partial charge is 0.496 e. The predicted octanol–water partition coefficient (Wildman–Crippen LogP) is 5.01. The zero-order valence-corrected chi connectivity index (χ0v) is 40.2. The van der Waals surface area contributed by atoms with Gasteiger partial charge in [0, 0.05) is 103 Å². The van der Waals surface area contributed by atoms with Crippen molar-refractivity contribution in [2.75, 3.05) is 92.4 Å². The number of esters is 3. The predicted molar refractivity (Wildman–Crippen MR) is 248 cm³/mol. The van der Waals surface area contributed by atoms with Crippen LogP contribution in [0.1, 0.15) is 75.3 Å². The summed E-state index contributed by atoms with van der Waals surface area (Å²) in [6.45, 7) is 9.84. The number of aromatic nitrogens is 1. The number of carbonyl (C=O) groups excluding carboxylic acids is 3. The number of ether oxygens (including phenoxy) is 5. The summed E-state index contributed by atoms with van der Waals surface area (Å²) in [6, 6.07) is 10.5. The quantitative estimate of drug-likeness (QED) is 0.0873. The minimum absolute atomic E-state index is 0.0939. The minimum Gasteiger partial charge on any atom is -0.496 e. The Balaban J connectivity index is 1.25. The zero-order chi connectivity index (χ0) is 46.1. The Morgan fingerprint density at radius 2 is 1.80 bits per heavy atom. The molecule has 10 atom stereocenters. The van der Waals surface area contributed by atoms with Gasteiger partial charge in [-0.2, -0.15) is 0 Å². The highest BCUT2D eigenvalue weighted by atomic mass is 32.2. The highest BCUT2D eigenvalue weighted by molar-refractivity contribution is 7.99. The number of nitrogens with zero attached hydrogens (tertiary/aromatic N) is 4. The van der Waals surface area contributed by atoms with Crippen molar-refractivity contribution in [1.82, 2.24) is 19.7 Å². The third kappa shape index (κ3) is 5.81. The van der Waals surface area contributed by atoms with Crippen molar-refractivity contribution in [3.8, 4) is 5.75 Å². The van der Waals surface area contributed by atoms with Crippen LogP contribution in [0.3, 0.4) is 0 Å². The molecule has 2 N–H and O–H groups in total. The molecule has 7 aliphatic rings. The van der Waals surface area contributed by atoms with E-state index in [9.17, 15) is 14.7 Å². The number of epoxide rings is 1. The molecule has 1 aliphatic carbocycles. The first-order valence-corrected chi connectivity index (χ1v) is 24.4. The number of rotatable bonds is 11. The van der Waals surface area contributed by atoms with Crippen LogP contribution in [0.2, 0.25) is 0 Å². The van der Waals surface area contributed by atoms with Crippen molar-refractivity contribution in [3.63, 3.8) is 0 Å². The molecular weight excluding hydrogens is 847 g/mol. The fourth-order valence-electron chi connectivity index (χ4n) is 14.3. The van der Waals surface area contributed by atoms with Gasteiger partial charge in [0.25, 0.3) is 5.60 Å². The normalized spacial score (nSPS) is 36.4. The first kappa shape index (κ1) is 44.7. The van der Waals surface area contributed by atoms with Crippen LogP contribution >= 0.6 is 11.8 Å². The Bertz CT molecular complexity index is 2490. The van der Waals surface area contributed by atoms with Gasteiger partial charge in [0.05, 0.1) is 32.3 Å². The van der Waals surface area contributed by atoms with E-state index in [1.165, 1.54) is 21.1 Å². The molecule has 14 nitrogen and oxygen atoms in total. The zero-order valence-electron chi connectivity index (χ0n) is 39.4. The molecule has 3 aromatic rings. The van der Waals surface area contributed by atoms with E-state index in [2.05, 4.69) is 82.0 Å². The molecule has 1 saturated carbocycles. The number of piperidine rings is 1. The number of carbonyl (C=O) groups is 3. The lowest BCUT2D eigenvalue weighted by atomic mass is 9.49. The van der Waals surface area contributed by atoms with E-state index >= 15 is 4.79 Å². The van der Waals surface area contributed by atoms with E-state index in [0.717, 1.165) is 50.6 Å². The third-order valence-electron chi connectivity index (χ3n) is 16.9. The molecule has 1 aromatic heterocycles. The Morgan fingerprint density at radius 1 is 1.02 bits per heavy atom. The lowest BCUT2D eigenvalue weighted by Crippen LogP contribution is -2.75. The molecule has 4 fully saturated rings. The molecule has 7 heterocycles. The molecule has 2 aromatic carbocycles. The smallest absolute Gasteiger partial charge is 0.347 e. The second-order valence-corrected chi connectivity index (χ2v) is 21.3. The number of hydrogen-bond donors (Lipinski definition) is 2. The third-order valence-corrected chi connectivity index (χ3v) is 17.9. The molecule has 2 bridgehead atoms. The van der Waals surface area contributed by atoms with E-state index in [0.29, 0.717) is 82.6 Å². The molecule has 1 unspecified atom stereocenters. The van der Waals surface area contributed by atoms with E-state index in [4.69, 9.17) is 23.7 Å². The molecular formula is C50H65N5O9S. The molecule has 350 valence electrons. The van der Waals surface area contributed by atoms with Gasteiger partial charge in [-0.25, -0.2) is 4.79 Å². The first-order chi connectivity index (χ1) is 31.1. The number of H-pyrrole nitrogens is 1. The second kappa shape index (κ2) is 15.5. The van der Waals surface area contributed by atoms with Crippen LogP contribution in [0, 0.1) is 11.3 Å². The van der Waals surface area contributed by atoms with Crippen molar-refractivity contribution in [2.24, 2.45) is 11.3 Å². The average Bonchev–Trinajstić information content (AvgIpc) is 3.54. The van der Waals surface area contributed by atoms with Crippen LogP contribution in [0.4, 0.5) is 5.69 Å². The summed E-state index contributed by atoms with van der Waals surface area (Å²) in [5, 5.41) is 13.2. The second-order valence-electron chi connectivity index (χ2n) is 20.2. The Hall–Kier alpha value is -4.12. The molecule has 0 amide bonds. The molecule has 10 rings (SSSR count). The average molecular weight is 912 g/mol. The van der Waals surface area contributed by atoms with Gasteiger partial charge in [-0.3, -0.25) is 19.4 Å². The number of likely N-dealkylation sites (N-methyl/N-ethyl adjacent to an activating group) is 1. The maximum Gasteiger partial charge on any atom is 0.347 e. The number of aromatic amines is 1. The topological polar surface area (TPSA) is 150 Å². The van der Waals surface area contributed by atoms with Gasteiger partial charge in [-0.15, -0.1) is 11.8 Å². The van der Waals surface area contributed by atoms with Gasteiger partial charge < -0.3 is 43.6 Å². The standard InChI is InChI=1S/C50H65N5O9S/c1-10-45(59)26-31-27-47(43(57)61-8,40-33(15-19-54(28-31)29-45)34-23-32(13-14-37(34)51-40)65-22-21-52(4)5)36-24-35-38(25-39(36)60-7)53(6)50-48(35)17-20-55-18-12-16-46(11-2,41(48)55)42(63-30(3)56)49(50,64-50)44(58)62-9/h12-14,16,23-25,31,41-42,51,59H,10-11,15,17-22,26-29H2,1-9H3/t31-,41+,42-,45+,46-,47+,48-,49+,50+/m1/s1. The summed E-state index contributed by atoms with van der Waals surface area (Å²) in [5.41, 5.74) is -1.82. The van der Waals surface area contributed by atoms with Crippen molar-refractivity contribution in [2.45, 2.75) is 104 Å². The van der Waals surface area contributed by atoms with Gasteiger partial charge in [0.2, 0.25) is 0 Å². The van der Waals surface area contributed by atoms with Crippen molar-refractivity contribution < 1.29 is 43.2 Å². The fourth-order valence-corrected chi connectivity index (χ4v) is 15.4. The highest BCUT2D eigenvalue weighted by Crippen LogP contribution is 2.80. The lowest BCUT2D eigenvalue weighted by molar-refractivity contribution is -0.178. The molecule has 65 heavy (non-hydrogen) atoms. The Kier molecular flexibility index (Phi) is 10.6. The van der Waals surface area contributed by atoms with E-state index in [-0.39, 0.29) is 12.0 Å². The van der Waals surface area contributed by atoms with Crippen molar-refractivity contribution in [1.29, 1.82) is 0 Å². The summed E-state index contributed by atoms with van der Waals surface area (Å²) < 4.78 is 31.7. The summed E-state index contributed by atoms with van der Waals surface area (Å²) in [7, 11) is 10.6. The number of aliphatic hydroxyl groups is 1. The highest BCUT2D eigenvalue weighted by Gasteiger charge is 2.98. The first-order valence-electron chi connectivity index (χ1n) is 23.4. The number of nitrogens with one attached hydrogen (secondary N) is 1. The number of hydrogen-bond acceptors (Lipinski definition) is 14. The van der Waals surface area contributed by atoms with Crippen LogP contribution in [0.15, 0.2) is 47.4 Å². The van der Waals surface area contributed by atoms with Crippen LogP contribution in [0.5, 0.6) is 5.75 Å². The van der Waals surface area contributed by atoms with Crippen LogP contribution in [-0.2, 0) is 50.6 Å². The number of thioether (sulfide) groups is 1. The van der Waals surface area contributed by atoms with Crippen molar-refractivity contribution >= 4 is 46.3 Å². The Labute approximate surface area is 386 Å².